The maximum Gasteiger partial charge on any atom is 0.395 e. The lowest BCUT2D eigenvalue weighted by Gasteiger charge is -2.12. The lowest BCUT2D eigenvalue weighted by atomic mass is 10.1. The third kappa shape index (κ3) is 6.23. The van der Waals surface area contributed by atoms with Crippen LogP contribution in [-0.2, 0) is 11.4 Å². The molecule has 0 aliphatic carbocycles. The van der Waals surface area contributed by atoms with Gasteiger partial charge in [0.2, 0.25) is 5.75 Å². The Morgan fingerprint density at radius 2 is 2.00 bits per heavy atom. The quantitative estimate of drug-likeness (QED) is 0.429. The highest BCUT2D eigenvalue weighted by atomic mass is 31.1. The van der Waals surface area contributed by atoms with Gasteiger partial charge in [-0.25, -0.2) is 4.79 Å². The van der Waals surface area contributed by atoms with Crippen LogP contribution in [-0.4, -0.2) is 33.5 Å². The summed E-state index contributed by atoms with van der Waals surface area (Å²) in [4.78, 5) is 38.9. The van der Waals surface area contributed by atoms with Gasteiger partial charge in [-0.05, 0) is 31.4 Å². The number of aldehydes is 1. The van der Waals surface area contributed by atoms with E-state index in [0.717, 1.165) is 0 Å². The van der Waals surface area contributed by atoms with Crippen molar-refractivity contribution in [1.82, 2.24) is 4.98 Å². The van der Waals surface area contributed by atoms with Crippen molar-refractivity contribution in [2.24, 2.45) is 10.7 Å². The zero-order valence-electron chi connectivity index (χ0n) is 16.8. The molecule has 30 heavy (non-hydrogen) atoms. The molecule has 2 atom stereocenters. The number of carbonyl (C=O) groups is 2. The number of nitrogens with zero attached hydrogens (tertiary/aromatic N) is 2. The fraction of sp³-hybridized carbons (Fsp3) is 0.350. The van der Waals surface area contributed by atoms with Gasteiger partial charge < -0.3 is 19.8 Å². The molecule has 2 N–H and O–H groups in total. The number of hydrogen-bond donors (Lipinski definition) is 2. The van der Waals surface area contributed by atoms with Crippen LogP contribution in [0.4, 0.5) is 0 Å². The average molecular weight is 434 g/mol. The Labute approximate surface area is 175 Å². The molecular weight excluding hydrogens is 411 g/mol. The van der Waals surface area contributed by atoms with Gasteiger partial charge in [0, 0.05) is 11.8 Å². The molecular formula is C20H23N2O7P. The first-order valence-electron chi connectivity index (χ1n) is 9.16. The van der Waals surface area contributed by atoms with E-state index in [1.807, 2.05) is 13.8 Å². The molecule has 1 heterocycles. The van der Waals surface area contributed by atoms with Gasteiger partial charge in [-0.3, -0.25) is 14.3 Å². The molecule has 0 saturated heterocycles. The van der Waals surface area contributed by atoms with Gasteiger partial charge in [0.15, 0.2) is 18.1 Å². The number of aromatic hydroxyl groups is 1. The molecule has 9 nitrogen and oxygen atoms in total. The minimum absolute atomic E-state index is 0.0559. The number of aliphatic carboxylic acids is 1. The van der Waals surface area contributed by atoms with E-state index in [-0.39, 0.29) is 41.8 Å². The van der Waals surface area contributed by atoms with Crippen molar-refractivity contribution >= 4 is 20.4 Å². The molecule has 10 heteroatoms. The number of rotatable bonds is 10. The van der Waals surface area contributed by atoms with E-state index in [9.17, 15) is 24.7 Å². The van der Waals surface area contributed by atoms with Gasteiger partial charge in [0.25, 0.3) is 0 Å². The summed E-state index contributed by atoms with van der Waals surface area (Å²) in [6.45, 7) is 5.15. The van der Waals surface area contributed by atoms with E-state index in [2.05, 4.69) is 9.73 Å². The van der Waals surface area contributed by atoms with Gasteiger partial charge in [-0.2, -0.15) is 0 Å². The van der Waals surface area contributed by atoms with Crippen LogP contribution in [0.1, 0.15) is 41.9 Å². The summed E-state index contributed by atoms with van der Waals surface area (Å²) in [7, 11) is -2.65. The van der Waals surface area contributed by atoms with Crippen LogP contribution in [0.5, 0.6) is 17.2 Å². The summed E-state index contributed by atoms with van der Waals surface area (Å²) in [5, 5.41) is 19.2. The van der Waals surface area contributed by atoms with E-state index in [1.165, 1.54) is 12.3 Å². The second-order valence-corrected chi connectivity index (χ2v) is 7.80. The first-order chi connectivity index (χ1) is 14.2. The maximum atomic E-state index is 12.3. The minimum atomic E-state index is -2.65. The molecule has 2 unspecified atom stereocenters. The van der Waals surface area contributed by atoms with Crippen molar-refractivity contribution in [1.29, 1.82) is 0 Å². The van der Waals surface area contributed by atoms with Crippen molar-refractivity contribution in [2.75, 3.05) is 0 Å². The standard InChI is InChI=1S/C20H23N2O7P/c1-12(2)8-16(20(25)26)22-30(27)29-18-7-5-4-6-17(18)28-11-14-9-21-13(3)19(24)15(14)10-23/h4-7,9-10,12,16,24H,8,11H2,1-3H3,(H,25,26). The molecule has 0 radical (unpaired) electrons. The SMILES string of the molecule is Cc1ncc(COc2ccccc2O/[P+]([O-])=N/C(CC(C)C)C(=O)O)c(C=O)c1O. The average Bonchev–Trinajstić information content (AvgIpc) is 2.69. The van der Waals surface area contributed by atoms with Crippen molar-refractivity contribution in [3.8, 4) is 17.2 Å². The number of ether oxygens (including phenoxy) is 1. The lowest BCUT2D eigenvalue weighted by Crippen LogP contribution is -2.20. The second kappa shape index (κ2) is 10.7. The Bertz CT molecular complexity index is 947. The lowest BCUT2D eigenvalue weighted by molar-refractivity contribution is -0.169. The summed E-state index contributed by atoms with van der Waals surface area (Å²) < 4.78 is 14.7. The summed E-state index contributed by atoms with van der Waals surface area (Å²) >= 11 is 0. The Morgan fingerprint density at radius 1 is 1.33 bits per heavy atom. The summed E-state index contributed by atoms with van der Waals surface area (Å²) in [6, 6.07) is 5.21. The highest BCUT2D eigenvalue weighted by molar-refractivity contribution is 7.34. The Hall–Kier alpha value is -3.03. The van der Waals surface area contributed by atoms with Crippen molar-refractivity contribution in [3.05, 3.63) is 47.3 Å². The van der Waals surface area contributed by atoms with E-state index >= 15 is 0 Å². The molecule has 0 fully saturated rings. The summed E-state index contributed by atoms with van der Waals surface area (Å²) in [5.74, 6) is -1.02. The zero-order valence-corrected chi connectivity index (χ0v) is 17.7. The molecule has 0 saturated carbocycles. The molecule has 2 aromatic rings. The van der Waals surface area contributed by atoms with Gasteiger partial charge in [-0.15, -0.1) is 0 Å². The van der Waals surface area contributed by atoms with E-state index < -0.39 is 20.2 Å². The van der Waals surface area contributed by atoms with E-state index in [1.54, 1.807) is 25.1 Å². The minimum Gasteiger partial charge on any atom is -0.575 e. The number of carboxylic acid groups (broad SMARTS) is 1. The molecule has 1 aromatic heterocycles. The van der Waals surface area contributed by atoms with Gasteiger partial charge in [0.05, 0.1) is 11.3 Å². The topological polar surface area (TPSA) is 141 Å². The van der Waals surface area contributed by atoms with Gasteiger partial charge in [-0.1, -0.05) is 30.7 Å². The van der Waals surface area contributed by atoms with Crippen molar-refractivity contribution < 1.29 is 34.0 Å². The second-order valence-electron chi connectivity index (χ2n) is 6.91. The number of para-hydroxylation sites is 2. The molecule has 0 aliphatic rings. The number of aromatic nitrogens is 1. The third-order valence-corrected chi connectivity index (χ3v) is 4.92. The van der Waals surface area contributed by atoms with Gasteiger partial charge >= 0.3 is 14.1 Å². The zero-order chi connectivity index (χ0) is 22.3. The first kappa shape index (κ1) is 23.3. The summed E-state index contributed by atoms with van der Waals surface area (Å²) in [6.07, 6.45) is 2.17. The van der Waals surface area contributed by atoms with Crippen molar-refractivity contribution in [3.63, 3.8) is 0 Å². The highest BCUT2D eigenvalue weighted by Gasteiger charge is 2.23. The van der Waals surface area contributed by atoms with Crippen molar-refractivity contribution in [2.45, 2.75) is 39.8 Å². The smallest absolute Gasteiger partial charge is 0.395 e. The van der Waals surface area contributed by atoms with Crippen LogP contribution >= 0.6 is 8.17 Å². The van der Waals surface area contributed by atoms with Crippen LogP contribution in [0, 0.1) is 12.8 Å². The monoisotopic (exact) mass is 434 g/mol. The molecule has 0 aliphatic heterocycles. The summed E-state index contributed by atoms with van der Waals surface area (Å²) in [5.41, 5.74) is 0.748. The van der Waals surface area contributed by atoms with Gasteiger partial charge in [0.1, 0.15) is 12.4 Å². The number of benzene rings is 1. The Morgan fingerprint density at radius 3 is 2.60 bits per heavy atom. The fourth-order valence-corrected chi connectivity index (χ4v) is 3.35. The van der Waals surface area contributed by atoms with E-state index in [0.29, 0.717) is 17.5 Å². The fourth-order valence-electron chi connectivity index (χ4n) is 2.56. The molecule has 0 spiro atoms. The Balaban J connectivity index is 2.19. The first-order valence-corrected chi connectivity index (χ1v) is 10.3. The van der Waals surface area contributed by atoms with Crippen LogP contribution in [0.2, 0.25) is 0 Å². The van der Waals surface area contributed by atoms with E-state index in [4.69, 9.17) is 9.26 Å². The predicted molar refractivity (Wildman–Crippen MR) is 108 cm³/mol. The number of hydrogen-bond acceptors (Lipinski definition) is 8. The number of carboxylic acids is 1. The third-order valence-electron chi connectivity index (χ3n) is 4.10. The predicted octanol–water partition coefficient (Wildman–Crippen LogP) is 3.22. The number of pyridine rings is 1. The number of aryl methyl sites for hydroxylation is 1. The molecule has 0 amide bonds. The normalized spacial score (nSPS) is 12.5. The van der Waals surface area contributed by atoms with Crippen LogP contribution < -0.4 is 14.2 Å². The number of carbonyl (C=O) groups excluding carboxylic acids is 1. The molecule has 0 bridgehead atoms. The Kier molecular flexibility index (Phi) is 8.26. The highest BCUT2D eigenvalue weighted by Crippen LogP contribution is 2.34. The largest absolute Gasteiger partial charge is 0.575 e. The van der Waals surface area contributed by atoms with Crippen LogP contribution in [0.3, 0.4) is 0 Å². The maximum absolute atomic E-state index is 12.3. The van der Waals surface area contributed by atoms with Crippen LogP contribution in [0.15, 0.2) is 35.2 Å². The van der Waals surface area contributed by atoms with Crippen LogP contribution in [0.25, 0.3) is 0 Å². The molecule has 160 valence electrons. The molecule has 2 rings (SSSR count). The molecule has 1 aromatic carbocycles.